The Morgan fingerprint density at radius 2 is 1.78 bits per heavy atom. The van der Waals surface area contributed by atoms with E-state index in [2.05, 4.69) is 6.92 Å². The topological polar surface area (TPSA) is 63.6 Å². The molecule has 0 unspecified atom stereocenters. The van der Waals surface area contributed by atoms with Crippen LogP contribution in [0.4, 0.5) is 0 Å². The smallest absolute Gasteiger partial charge is 0.307 e. The molecule has 0 bridgehead atoms. The summed E-state index contributed by atoms with van der Waals surface area (Å²) in [7, 11) is 0. The summed E-state index contributed by atoms with van der Waals surface area (Å²) in [5, 5.41) is 9.07. The van der Waals surface area contributed by atoms with Crippen molar-refractivity contribution in [3.63, 3.8) is 0 Å². The fraction of sp³-hybridized carbons (Fsp3) is 0.857. The molecule has 106 valence electrons. The van der Waals surface area contributed by atoms with E-state index < -0.39 is 23.5 Å². The van der Waals surface area contributed by atoms with Crippen LogP contribution in [0, 0.1) is 5.92 Å². The zero-order chi connectivity index (χ0) is 14.2. The molecule has 0 radical (unpaired) electrons. The van der Waals surface area contributed by atoms with Gasteiger partial charge in [-0.05, 0) is 27.2 Å². The molecule has 0 aliphatic rings. The minimum Gasteiger partial charge on any atom is -0.481 e. The number of carboxylic acid groups (broad SMARTS) is 1. The van der Waals surface area contributed by atoms with Crippen LogP contribution >= 0.6 is 0 Å². The van der Waals surface area contributed by atoms with Gasteiger partial charge in [0.1, 0.15) is 5.60 Å². The molecular weight excluding hydrogens is 232 g/mol. The summed E-state index contributed by atoms with van der Waals surface area (Å²) in [6.07, 6.45) is 4.62. The minimum atomic E-state index is -0.905. The molecule has 0 aromatic heterocycles. The number of ether oxygens (including phenoxy) is 1. The Morgan fingerprint density at radius 1 is 1.17 bits per heavy atom. The van der Waals surface area contributed by atoms with Gasteiger partial charge in [0.2, 0.25) is 0 Å². The van der Waals surface area contributed by atoms with Crippen LogP contribution in [-0.2, 0) is 14.3 Å². The highest BCUT2D eigenvalue weighted by atomic mass is 16.6. The maximum Gasteiger partial charge on any atom is 0.307 e. The highest BCUT2D eigenvalue weighted by Gasteiger charge is 2.24. The Morgan fingerprint density at radius 3 is 2.22 bits per heavy atom. The number of hydrogen-bond acceptors (Lipinski definition) is 3. The number of esters is 1. The summed E-state index contributed by atoms with van der Waals surface area (Å²) < 4.78 is 5.14. The molecule has 0 heterocycles. The van der Waals surface area contributed by atoms with E-state index in [0.29, 0.717) is 6.42 Å². The van der Waals surface area contributed by atoms with Crippen molar-refractivity contribution in [2.75, 3.05) is 0 Å². The van der Waals surface area contributed by atoms with Gasteiger partial charge < -0.3 is 9.84 Å². The number of hydrogen-bond donors (Lipinski definition) is 1. The number of aliphatic carboxylic acids is 1. The molecule has 1 N–H and O–H groups in total. The number of carbonyl (C=O) groups excluding carboxylic acids is 1. The standard InChI is InChI=1S/C14H26O4/c1-5-6-7-8-9-11(13(16)17)10-12(15)18-14(2,3)4/h11H,5-10H2,1-4H3,(H,16,17)/t11-/m1/s1. The van der Waals surface area contributed by atoms with Crippen LogP contribution in [-0.4, -0.2) is 22.6 Å². The van der Waals surface area contributed by atoms with Crippen LogP contribution in [0.1, 0.15) is 66.2 Å². The van der Waals surface area contributed by atoms with Crippen LogP contribution in [0.3, 0.4) is 0 Å². The monoisotopic (exact) mass is 258 g/mol. The fourth-order valence-electron chi connectivity index (χ4n) is 1.71. The summed E-state index contributed by atoms with van der Waals surface area (Å²) >= 11 is 0. The van der Waals surface area contributed by atoms with Crippen molar-refractivity contribution in [3.8, 4) is 0 Å². The van der Waals surface area contributed by atoms with Gasteiger partial charge in [-0.25, -0.2) is 0 Å². The third kappa shape index (κ3) is 9.02. The second-order valence-corrected chi connectivity index (χ2v) is 5.68. The Kier molecular flexibility index (Phi) is 7.64. The summed E-state index contributed by atoms with van der Waals surface area (Å²) in [5.74, 6) is -1.94. The molecule has 0 saturated carbocycles. The van der Waals surface area contributed by atoms with Gasteiger partial charge in [0.05, 0.1) is 12.3 Å². The molecule has 18 heavy (non-hydrogen) atoms. The van der Waals surface area contributed by atoms with Gasteiger partial charge in [0, 0.05) is 0 Å². The summed E-state index contributed by atoms with van der Waals surface area (Å²) in [5.41, 5.74) is -0.553. The van der Waals surface area contributed by atoms with Crippen molar-refractivity contribution in [1.29, 1.82) is 0 Å². The highest BCUT2D eigenvalue weighted by molar-refractivity contribution is 5.78. The molecule has 0 fully saturated rings. The molecule has 4 nitrogen and oxygen atoms in total. The van der Waals surface area contributed by atoms with Gasteiger partial charge in [-0.2, -0.15) is 0 Å². The van der Waals surface area contributed by atoms with E-state index in [0.717, 1.165) is 25.7 Å². The van der Waals surface area contributed by atoms with Crippen LogP contribution in [0.15, 0.2) is 0 Å². The molecule has 0 amide bonds. The summed E-state index contributed by atoms with van der Waals surface area (Å²) in [4.78, 5) is 22.6. The van der Waals surface area contributed by atoms with Crippen LogP contribution in [0.5, 0.6) is 0 Å². The Hall–Kier alpha value is -1.06. The normalized spacial score (nSPS) is 13.1. The van der Waals surface area contributed by atoms with Crippen molar-refractivity contribution >= 4 is 11.9 Å². The lowest BCUT2D eigenvalue weighted by molar-refractivity contribution is -0.160. The molecular formula is C14H26O4. The first-order chi connectivity index (χ1) is 8.26. The second kappa shape index (κ2) is 8.11. The lowest BCUT2D eigenvalue weighted by Gasteiger charge is -2.21. The average molecular weight is 258 g/mol. The summed E-state index contributed by atoms with van der Waals surface area (Å²) in [6.45, 7) is 7.45. The van der Waals surface area contributed by atoms with Crippen molar-refractivity contribution in [1.82, 2.24) is 0 Å². The van der Waals surface area contributed by atoms with Gasteiger partial charge in [-0.1, -0.05) is 32.6 Å². The first kappa shape index (κ1) is 16.9. The third-order valence-electron chi connectivity index (χ3n) is 2.59. The molecule has 0 spiro atoms. The number of unbranched alkanes of at least 4 members (excludes halogenated alkanes) is 3. The lowest BCUT2D eigenvalue weighted by atomic mass is 9.97. The second-order valence-electron chi connectivity index (χ2n) is 5.68. The maximum absolute atomic E-state index is 11.6. The molecule has 1 atom stereocenters. The van der Waals surface area contributed by atoms with E-state index in [1.54, 1.807) is 20.8 Å². The minimum absolute atomic E-state index is 0.0290. The number of rotatable bonds is 8. The van der Waals surface area contributed by atoms with E-state index in [1.165, 1.54) is 0 Å². The van der Waals surface area contributed by atoms with Gasteiger partial charge in [-0.3, -0.25) is 9.59 Å². The van der Waals surface area contributed by atoms with Crippen LogP contribution in [0.2, 0.25) is 0 Å². The predicted octanol–water partition coefficient (Wildman–Crippen LogP) is 3.39. The van der Waals surface area contributed by atoms with Gasteiger partial charge >= 0.3 is 11.9 Å². The fourth-order valence-corrected chi connectivity index (χ4v) is 1.71. The van der Waals surface area contributed by atoms with Crippen LogP contribution in [0.25, 0.3) is 0 Å². The van der Waals surface area contributed by atoms with Gasteiger partial charge in [0.25, 0.3) is 0 Å². The first-order valence-corrected chi connectivity index (χ1v) is 6.71. The van der Waals surface area contributed by atoms with Crippen LogP contribution < -0.4 is 0 Å². The highest BCUT2D eigenvalue weighted by Crippen LogP contribution is 2.18. The molecule has 0 saturated heterocycles. The van der Waals surface area contributed by atoms with Gasteiger partial charge in [-0.15, -0.1) is 0 Å². The van der Waals surface area contributed by atoms with E-state index in [9.17, 15) is 9.59 Å². The average Bonchev–Trinajstić information content (AvgIpc) is 2.19. The predicted molar refractivity (Wildman–Crippen MR) is 70.3 cm³/mol. The third-order valence-corrected chi connectivity index (χ3v) is 2.59. The molecule has 0 aromatic carbocycles. The maximum atomic E-state index is 11.6. The van der Waals surface area contributed by atoms with E-state index in [1.807, 2.05) is 0 Å². The number of carbonyl (C=O) groups is 2. The Bertz CT molecular complexity index is 265. The molecule has 0 aliphatic heterocycles. The summed E-state index contributed by atoms with van der Waals surface area (Å²) in [6, 6.07) is 0. The molecule has 0 aromatic rings. The Balaban J connectivity index is 4.11. The van der Waals surface area contributed by atoms with Crippen molar-refractivity contribution in [2.24, 2.45) is 5.92 Å². The van der Waals surface area contributed by atoms with Crippen molar-refractivity contribution in [3.05, 3.63) is 0 Å². The largest absolute Gasteiger partial charge is 0.481 e. The molecule has 0 aliphatic carbocycles. The molecule has 4 heteroatoms. The van der Waals surface area contributed by atoms with E-state index >= 15 is 0 Å². The van der Waals surface area contributed by atoms with Crippen molar-refractivity contribution < 1.29 is 19.4 Å². The van der Waals surface area contributed by atoms with Gasteiger partial charge in [0.15, 0.2) is 0 Å². The zero-order valence-electron chi connectivity index (χ0n) is 12.0. The van der Waals surface area contributed by atoms with Crippen molar-refractivity contribution in [2.45, 2.75) is 71.8 Å². The first-order valence-electron chi connectivity index (χ1n) is 6.71. The van der Waals surface area contributed by atoms with E-state index in [-0.39, 0.29) is 6.42 Å². The molecule has 0 rings (SSSR count). The quantitative estimate of drug-likeness (QED) is 0.535. The SMILES string of the molecule is CCCCCC[C@H](CC(=O)OC(C)(C)C)C(=O)O. The van der Waals surface area contributed by atoms with E-state index in [4.69, 9.17) is 9.84 Å². The zero-order valence-corrected chi connectivity index (χ0v) is 12.0. The number of carboxylic acids is 1. The lowest BCUT2D eigenvalue weighted by Crippen LogP contribution is -2.27. The Labute approximate surface area is 110 Å².